The molecule has 0 saturated heterocycles. The molecule has 1 unspecified atom stereocenters. The Hall–Kier alpha value is -1.55. The monoisotopic (exact) mass is 259 g/mol. The topological polar surface area (TPSA) is 53.1 Å². The molecule has 2 N–H and O–H groups in total. The van der Waals surface area contributed by atoms with Gasteiger partial charge in [0, 0.05) is 18.2 Å². The molecule has 1 heterocycles. The first kappa shape index (κ1) is 12.5. The van der Waals surface area contributed by atoms with Crippen molar-refractivity contribution in [3.63, 3.8) is 0 Å². The lowest BCUT2D eigenvalue weighted by molar-refractivity contribution is 0.119. The van der Waals surface area contributed by atoms with Gasteiger partial charge in [-0.25, -0.2) is 4.98 Å². The van der Waals surface area contributed by atoms with Crippen molar-refractivity contribution >= 4 is 16.7 Å². The van der Waals surface area contributed by atoms with Crippen molar-refractivity contribution in [1.82, 2.24) is 9.55 Å². The maximum Gasteiger partial charge on any atom is 0.113 e. The Morgan fingerprint density at radius 3 is 2.95 bits per heavy atom. The van der Waals surface area contributed by atoms with Crippen LogP contribution in [0.25, 0.3) is 11.0 Å². The molecule has 0 bridgehead atoms. The summed E-state index contributed by atoms with van der Waals surface area (Å²) in [4.78, 5) is 4.79. The molecule has 1 saturated carbocycles. The van der Waals surface area contributed by atoms with Gasteiger partial charge in [-0.2, -0.15) is 0 Å². The van der Waals surface area contributed by atoms with E-state index in [1.165, 1.54) is 24.2 Å². The number of imidazole rings is 1. The summed E-state index contributed by atoms with van der Waals surface area (Å²) in [7, 11) is 0. The highest BCUT2D eigenvalue weighted by Gasteiger charge is 2.30. The van der Waals surface area contributed by atoms with Crippen LogP contribution < -0.4 is 5.73 Å². The first-order chi connectivity index (χ1) is 9.20. The molecule has 1 aliphatic rings. The molecule has 0 spiro atoms. The zero-order chi connectivity index (χ0) is 13.4. The van der Waals surface area contributed by atoms with Crippen LogP contribution in [0.5, 0.6) is 0 Å². The van der Waals surface area contributed by atoms with Gasteiger partial charge in [0.15, 0.2) is 0 Å². The van der Waals surface area contributed by atoms with E-state index < -0.39 is 0 Å². The Labute approximate surface area is 113 Å². The Balaban J connectivity index is 2.05. The van der Waals surface area contributed by atoms with E-state index in [1.807, 2.05) is 19.1 Å². The number of hydrogen-bond donors (Lipinski definition) is 1. The van der Waals surface area contributed by atoms with Crippen molar-refractivity contribution in [3.05, 3.63) is 24.0 Å². The molecule has 3 rings (SSSR count). The van der Waals surface area contributed by atoms with Crippen LogP contribution in [0.4, 0.5) is 5.69 Å². The SMILES string of the molecule is CCOCC(C)n1c(C2CC2)nc2cc(N)ccc21. The minimum absolute atomic E-state index is 0.309. The molecule has 1 aliphatic carbocycles. The standard InChI is InChI=1S/C15H21N3O/c1-3-19-9-10(2)18-14-7-6-12(16)8-13(14)17-15(18)11-4-5-11/h6-8,10-11H,3-5,9,16H2,1-2H3. The van der Waals surface area contributed by atoms with E-state index in [0.717, 1.165) is 24.4 Å². The number of anilines is 1. The minimum Gasteiger partial charge on any atom is -0.399 e. The fraction of sp³-hybridized carbons (Fsp3) is 0.533. The first-order valence-electron chi connectivity index (χ1n) is 7.05. The normalized spacial score (nSPS) is 16.9. The third kappa shape index (κ3) is 2.32. The summed E-state index contributed by atoms with van der Waals surface area (Å²) in [5, 5.41) is 0. The average Bonchev–Trinajstić information content (AvgIpc) is 3.17. The van der Waals surface area contributed by atoms with Crippen molar-refractivity contribution in [3.8, 4) is 0 Å². The second kappa shape index (κ2) is 4.85. The number of benzene rings is 1. The zero-order valence-electron chi connectivity index (χ0n) is 11.6. The highest BCUT2D eigenvalue weighted by Crippen LogP contribution is 2.42. The largest absolute Gasteiger partial charge is 0.399 e. The van der Waals surface area contributed by atoms with E-state index >= 15 is 0 Å². The number of nitrogens with zero attached hydrogens (tertiary/aromatic N) is 2. The van der Waals surface area contributed by atoms with Gasteiger partial charge in [-0.3, -0.25) is 0 Å². The van der Waals surface area contributed by atoms with Crippen LogP contribution in [0.2, 0.25) is 0 Å². The number of hydrogen-bond acceptors (Lipinski definition) is 3. The maximum absolute atomic E-state index is 5.86. The van der Waals surface area contributed by atoms with Gasteiger partial charge in [-0.1, -0.05) is 0 Å². The summed E-state index contributed by atoms with van der Waals surface area (Å²) in [5.41, 5.74) is 8.81. The molecule has 0 aliphatic heterocycles. The molecule has 4 heteroatoms. The maximum atomic E-state index is 5.86. The summed E-state index contributed by atoms with van der Waals surface area (Å²) < 4.78 is 7.91. The zero-order valence-corrected chi connectivity index (χ0v) is 11.6. The fourth-order valence-corrected chi connectivity index (χ4v) is 2.59. The van der Waals surface area contributed by atoms with Gasteiger partial charge in [0.25, 0.3) is 0 Å². The van der Waals surface area contributed by atoms with Crippen LogP contribution in [0.3, 0.4) is 0 Å². The second-order valence-electron chi connectivity index (χ2n) is 5.37. The van der Waals surface area contributed by atoms with E-state index in [2.05, 4.69) is 17.6 Å². The van der Waals surface area contributed by atoms with Gasteiger partial charge >= 0.3 is 0 Å². The third-order valence-electron chi connectivity index (χ3n) is 3.69. The van der Waals surface area contributed by atoms with Crippen LogP contribution in [0.1, 0.15) is 44.5 Å². The van der Waals surface area contributed by atoms with Crippen LogP contribution in [-0.2, 0) is 4.74 Å². The highest BCUT2D eigenvalue weighted by molar-refractivity contribution is 5.80. The Morgan fingerprint density at radius 2 is 2.26 bits per heavy atom. The van der Waals surface area contributed by atoms with Gasteiger partial charge in [0.05, 0.1) is 23.7 Å². The second-order valence-corrected chi connectivity index (χ2v) is 5.37. The lowest BCUT2D eigenvalue weighted by atomic mass is 10.2. The molecule has 2 aromatic rings. The average molecular weight is 259 g/mol. The molecule has 19 heavy (non-hydrogen) atoms. The Kier molecular flexibility index (Phi) is 3.19. The highest BCUT2D eigenvalue weighted by atomic mass is 16.5. The van der Waals surface area contributed by atoms with Gasteiger partial charge < -0.3 is 15.0 Å². The number of aromatic nitrogens is 2. The molecule has 1 fully saturated rings. The predicted octanol–water partition coefficient (Wildman–Crippen LogP) is 3.09. The van der Waals surface area contributed by atoms with Crippen LogP contribution in [0, 0.1) is 0 Å². The lowest BCUT2D eigenvalue weighted by Crippen LogP contribution is -2.14. The summed E-state index contributed by atoms with van der Waals surface area (Å²) in [6.45, 7) is 5.70. The fourth-order valence-electron chi connectivity index (χ4n) is 2.59. The number of nitrogen functional groups attached to an aromatic ring is 1. The third-order valence-corrected chi connectivity index (χ3v) is 3.69. The molecule has 4 nitrogen and oxygen atoms in total. The quantitative estimate of drug-likeness (QED) is 0.839. The molecule has 1 aromatic carbocycles. The molecule has 0 radical (unpaired) electrons. The Bertz CT molecular complexity index is 586. The molecule has 0 amide bonds. The van der Waals surface area contributed by atoms with E-state index in [-0.39, 0.29) is 0 Å². The van der Waals surface area contributed by atoms with Crippen molar-refractivity contribution in [2.75, 3.05) is 18.9 Å². The van der Waals surface area contributed by atoms with Crippen molar-refractivity contribution in [1.29, 1.82) is 0 Å². The van der Waals surface area contributed by atoms with E-state index in [9.17, 15) is 0 Å². The summed E-state index contributed by atoms with van der Waals surface area (Å²) in [6, 6.07) is 6.30. The number of rotatable bonds is 5. The Morgan fingerprint density at radius 1 is 1.47 bits per heavy atom. The van der Waals surface area contributed by atoms with E-state index in [4.69, 9.17) is 15.5 Å². The summed E-state index contributed by atoms with van der Waals surface area (Å²) in [6.07, 6.45) is 2.50. The molecule has 1 aromatic heterocycles. The molecule has 1 atom stereocenters. The van der Waals surface area contributed by atoms with Gasteiger partial charge in [0.1, 0.15) is 5.82 Å². The van der Waals surface area contributed by atoms with Crippen LogP contribution in [-0.4, -0.2) is 22.8 Å². The van der Waals surface area contributed by atoms with Crippen LogP contribution in [0.15, 0.2) is 18.2 Å². The van der Waals surface area contributed by atoms with Crippen molar-refractivity contribution < 1.29 is 4.74 Å². The summed E-state index contributed by atoms with van der Waals surface area (Å²) >= 11 is 0. The smallest absolute Gasteiger partial charge is 0.113 e. The van der Waals surface area contributed by atoms with Gasteiger partial charge in [0.2, 0.25) is 0 Å². The van der Waals surface area contributed by atoms with E-state index in [0.29, 0.717) is 12.0 Å². The van der Waals surface area contributed by atoms with Crippen molar-refractivity contribution in [2.45, 2.75) is 38.6 Å². The number of nitrogens with two attached hydrogens (primary N) is 1. The molecule has 102 valence electrons. The number of fused-ring (bicyclic) bond motifs is 1. The summed E-state index contributed by atoms with van der Waals surface area (Å²) in [5.74, 6) is 1.82. The van der Waals surface area contributed by atoms with Gasteiger partial charge in [-0.05, 0) is 44.9 Å². The molecular formula is C15H21N3O. The lowest BCUT2D eigenvalue weighted by Gasteiger charge is -2.17. The van der Waals surface area contributed by atoms with Crippen LogP contribution >= 0.6 is 0 Å². The van der Waals surface area contributed by atoms with Crippen molar-refractivity contribution in [2.24, 2.45) is 0 Å². The number of ether oxygens (including phenoxy) is 1. The predicted molar refractivity (Wildman–Crippen MR) is 77.3 cm³/mol. The van der Waals surface area contributed by atoms with Gasteiger partial charge in [-0.15, -0.1) is 0 Å². The van der Waals surface area contributed by atoms with E-state index in [1.54, 1.807) is 0 Å². The first-order valence-corrected chi connectivity index (χ1v) is 7.05. The minimum atomic E-state index is 0.309. The molecular weight excluding hydrogens is 238 g/mol.